The Labute approximate surface area is 178 Å². The smallest absolute Gasteiger partial charge is 0.246 e. The van der Waals surface area contributed by atoms with Gasteiger partial charge in [-0.1, -0.05) is 22.0 Å². The van der Waals surface area contributed by atoms with Crippen LogP contribution in [0.4, 0.5) is 10.1 Å². The highest BCUT2D eigenvalue weighted by atomic mass is 79.9. The molecule has 2 aromatic rings. The van der Waals surface area contributed by atoms with Gasteiger partial charge in [-0.05, 0) is 55.7 Å². The average Bonchev–Trinajstić information content (AvgIpc) is 2.70. The van der Waals surface area contributed by atoms with Crippen molar-refractivity contribution in [3.63, 3.8) is 0 Å². The van der Waals surface area contributed by atoms with Gasteiger partial charge in [-0.25, -0.2) is 12.8 Å². The Morgan fingerprint density at radius 1 is 1.28 bits per heavy atom. The Balaban J connectivity index is 1.79. The number of nitrogens with one attached hydrogen (secondary N) is 1. The van der Waals surface area contributed by atoms with E-state index in [1.165, 1.54) is 23.5 Å². The van der Waals surface area contributed by atoms with Crippen LogP contribution in [0.25, 0.3) is 0 Å². The van der Waals surface area contributed by atoms with E-state index in [9.17, 15) is 17.6 Å². The summed E-state index contributed by atoms with van der Waals surface area (Å²) < 4.78 is 47.5. The second-order valence-electron chi connectivity index (χ2n) is 6.97. The number of piperidine rings is 1. The number of nitrogens with zero attached hydrogens (tertiary/aromatic N) is 1. The lowest BCUT2D eigenvalue weighted by Gasteiger charge is -2.31. The second-order valence-corrected chi connectivity index (χ2v) is 9.79. The quantitative estimate of drug-likeness (QED) is 0.696. The van der Waals surface area contributed by atoms with Crippen LogP contribution in [0.15, 0.2) is 45.8 Å². The van der Waals surface area contributed by atoms with Crippen LogP contribution in [0.1, 0.15) is 18.4 Å². The van der Waals surface area contributed by atoms with Crippen LogP contribution in [0, 0.1) is 18.7 Å². The van der Waals surface area contributed by atoms with Gasteiger partial charge in [-0.2, -0.15) is 4.31 Å². The Morgan fingerprint density at radius 2 is 2.03 bits per heavy atom. The summed E-state index contributed by atoms with van der Waals surface area (Å²) in [5.74, 6) is -1.27. The first kappa shape index (κ1) is 21.7. The molecule has 29 heavy (non-hydrogen) atoms. The fourth-order valence-electron chi connectivity index (χ4n) is 3.32. The largest absolute Gasteiger partial charge is 0.495 e. The summed E-state index contributed by atoms with van der Waals surface area (Å²) in [6.45, 7) is 2.15. The van der Waals surface area contributed by atoms with Crippen LogP contribution < -0.4 is 10.1 Å². The van der Waals surface area contributed by atoms with Crippen molar-refractivity contribution in [1.82, 2.24) is 4.31 Å². The molecule has 3 rings (SSSR count). The molecule has 1 N–H and O–H groups in total. The predicted octanol–water partition coefficient (Wildman–Crippen LogP) is 3.94. The van der Waals surface area contributed by atoms with Gasteiger partial charge in [0.2, 0.25) is 15.9 Å². The first-order valence-corrected chi connectivity index (χ1v) is 11.4. The summed E-state index contributed by atoms with van der Waals surface area (Å²) in [6, 6.07) is 9.31. The van der Waals surface area contributed by atoms with E-state index >= 15 is 0 Å². The molecule has 0 bridgehead atoms. The number of carbonyl (C=O) groups is 1. The SMILES string of the molecule is COc1ccc(C)cc1S(=O)(=O)N1CCC[C@@H](C(=O)Nc2ccc(Br)cc2F)C1. The lowest BCUT2D eigenvalue weighted by Crippen LogP contribution is -2.43. The minimum Gasteiger partial charge on any atom is -0.495 e. The molecule has 1 fully saturated rings. The standard InChI is InChI=1S/C20H22BrFN2O4S/c1-13-5-8-18(28-2)19(10-13)29(26,27)24-9-3-4-14(12-24)20(25)23-17-7-6-15(21)11-16(17)22/h5-8,10-11,14H,3-4,9,12H2,1-2H3,(H,23,25)/t14-/m1/s1. The van der Waals surface area contributed by atoms with Crippen molar-refractivity contribution < 1.29 is 22.3 Å². The highest BCUT2D eigenvalue weighted by molar-refractivity contribution is 9.10. The lowest BCUT2D eigenvalue weighted by atomic mass is 9.98. The molecule has 0 unspecified atom stereocenters. The molecule has 1 saturated heterocycles. The van der Waals surface area contributed by atoms with E-state index in [1.807, 2.05) is 0 Å². The number of hydrogen-bond donors (Lipinski definition) is 1. The monoisotopic (exact) mass is 484 g/mol. The predicted molar refractivity (Wildman–Crippen MR) is 112 cm³/mol. The summed E-state index contributed by atoms with van der Waals surface area (Å²) in [6.07, 6.45) is 1.06. The van der Waals surface area contributed by atoms with Crippen LogP contribution in [-0.4, -0.2) is 38.8 Å². The van der Waals surface area contributed by atoms with Gasteiger partial charge >= 0.3 is 0 Å². The van der Waals surface area contributed by atoms with E-state index in [1.54, 1.807) is 31.2 Å². The molecule has 0 aliphatic carbocycles. The first-order valence-electron chi connectivity index (χ1n) is 9.13. The fourth-order valence-corrected chi connectivity index (χ4v) is 5.42. The Morgan fingerprint density at radius 3 is 2.72 bits per heavy atom. The molecule has 1 atom stereocenters. The molecule has 0 saturated carbocycles. The van der Waals surface area contributed by atoms with E-state index < -0.39 is 27.7 Å². The number of anilines is 1. The molecule has 0 radical (unpaired) electrons. The molecule has 2 aromatic carbocycles. The molecule has 1 aliphatic rings. The zero-order chi connectivity index (χ0) is 21.2. The van der Waals surface area contributed by atoms with Crippen LogP contribution >= 0.6 is 15.9 Å². The lowest BCUT2D eigenvalue weighted by molar-refractivity contribution is -0.120. The zero-order valence-electron chi connectivity index (χ0n) is 16.1. The normalized spacial score (nSPS) is 17.7. The van der Waals surface area contributed by atoms with Gasteiger partial charge in [0, 0.05) is 17.6 Å². The summed E-state index contributed by atoms with van der Waals surface area (Å²) in [5.41, 5.74) is 0.861. The van der Waals surface area contributed by atoms with Gasteiger partial charge in [0.25, 0.3) is 0 Å². The fraction of sp³-hybridized carbons (Fsp3) is 0.350. The Kier molecular flexibility index (Phi) is 6.60. The number of ether oxygens (including phenoxy) is 1. The third kappa shape index (κ3) is 4.79. The van der Waals surface area contributed by atoms with Crippen molar-refractivity contribution in [3.05, 3.63) is 52.3 Å². The number of carbonyl (C=O) groups excluding carboxylic acids is 1. The topological polar surface area (TPSA) is 75.7 Å². The summed E-state index contributed by atoms with van der Waals surface area (Å²) in [5, 5.41) is 2.57. The molecule has 9 heteroatoms. The molecular weight excluding hydrogens is 463 g/mol. The first-order chi connectivity index (χ1) is 13.7. The van der Waals surface area contributed by atoms with Crippen LogP contribution in [0.3, 0.4) is 0 Å². The van der Waals surface area contributed by atoms with Crippen LogP contribution in [0.2, 0.25) is 0 Å². The van der Waals surface area contributed by atoms with Gasteiger partial charge in [-0.3, -0.25) is 4.79 Å². The van der Waals surface area contributed by atoms with E-state index in [2.05, 4.69) is 21.2 Å². The van der Waals surface area contributed by atoms with Gasteiger partial charge in [-0.15, -0.1) is 0 Å². The Bertz CT molecular complexity index is 1030. The summed E-state index contributed by atoms with van der Waals surface area (Å²) >= 11 is 3.17. The highest BCUT2D eigenvalue weighted by Crippen LogP contribution is 2.31. The van der Waals surface area contributed by atoms with Gasteiger partial charge < -0.3 is 10.1 Å². The van der Waals surface area contributed by atoms with Crippen molar-refractivity contribution in [2.75, 3.05) is 25.5 Å². The number of halogens is 2. The van der Waals surface area contributed by atoms with E-state index in [-0.39, 0.29) is 22.9 Å². The number of methoxy groups -OCH3 is 1. The number of rotatable bonds is 5. The number of benzene rings is 2. The molecule has 156 valence electrons. The molecule has 0 spiro atoms. The van der Waals surface area contributed by atoms with E-state index in [4.69, 9.17) is 4.74 Å². The minimum atomic E-state index is -3.83. The third-order valence-corrected chi connectivity index (χ3v) is 7.26. The second kappa shape index (κ2) is 8.81. The maximum atomic E-state index is 14.0. The molecule has 1 heterocycles. The van der Waals surface area contributed by atoms with Gasteiger partial charge in [0.05, 0.1) is 18.7 Å². The third-order valence-electron chi connectivity index (χ3n) is 4.88. The molecule has 1 aliphatic heterocycles. The van der Waals surface area contributed by atoms with Crippen molar-refractivity contribution in [3.8, 4) is 5.75 Å². The minimum absolute atomic E-state index is 0.0312. The maximum absolute atomic E-state index is 14.0. The van der Waals surface area contributed by atoms with E-state index in [0.29, 0.717) is 23.9 Å². The Hall–Kier alpha value is -1.97. The number of amides is 1. The summed E-state index contributed by atoms with van der Waals surface area (Å²) in [4.78, 5) is 12.7. The van der Waals surface area contributed by atoms with Crippen molar-refractivity contribution in [1.29, 1.82) is 0 Å². The average molecular weight is 485 g/mol. The number of aryl methyl sites for hydroxylation is 1. The number of sulfonamides is 1. The van der Waals surface area contributed by atoms with Crippen LogP contribution in [-0.2, 0) is 14.8 Å². The maximum Gasteiger partial charge on any atom is 0.246 e. The van der Waals surface area contributed by atoms with Crippen molar-refractivity contribution >= 4 is 37.5 Å². The highest BCUT2D eigenvalue weighted by Gasteiger charge is 2.35. The summed E-state index contributed by atoms with van der Waals surface area (Å²) in [7, 11) is -2.41. The van der Waals surface area contributed by atoms with Crippen molar-refractivity contribution in [2.24, 2.45) is 5.92 Å². The molecule has 6 nitrogen and oxygen atoms in total. The molecule has 1 amide bonds. The van der Waals surface area contributed by atoms with E-state index in [0.717, 1.165) is 5.56 Å². The van der Waals surface area contributed by atoms with Gasteiger partial charge in [0.1, 0.15) is 16.5 Å². The molecule has 0 aromatic heterocycles. The van der Waals surface area contributed by atoms with Gasteiger partial charge in [0.15, 0.2) is 0 Å². The molecular formula is C20H22BrFN2O4S. The van der Waals surface area contributed by atoms with Crippen LogP contribution in [0.5, 0.6) is 5.75 Å². The van der Waals surface area contributed by atoms with Crippen molar-refractivity contribution in [2.45, 2.75) is 24.7 Å². The number of hydrogen-bond acceptors (Lipinski definition) is 4. The zero-order valence-corrected chi connectivity index (χ0v) is 18.5.